The molecule has 140 valence electrons. The van der Waals surface area contributed by atoms with Gasteiger partial charge in [-0.25, -0.2) is 0 Å². The number of hydrogen-bond donors (Lipinski definition) is 1. The average Bonchev–Trinajstić information content (AvgIpc) is 3.10. The Morgan fingerprint density at radius 3 is 2.81 bits per heavy atom. The number of carbonyl (C=O) groups excluding carboxylic acids is 1. The van der Waals surface area contributed by atoms with Crippen molar-refractivity contribution in [2.75, 3.05) is 12.4 Å². The molecule has 1 heterocycles. The highest BCUT2D eigenvalue weighted by atomic mass is 35.5. The van der Waals surface area contributed by atoms with Crippen molar-refractivity contribution in [3.8, 4) is 17.2 Å². The summed E-state index contributed by atoms with van der Waals surface area (Å²) in [6, 6.07) is 12.8. The topological polar surface area (TPSA) is 77.2 Å². The summed E-state index contributed by atoms with van der Waals surface area (Å²) in [7, 11) is 1.53. The number of benzene rings is 2. The van der Waals surface area contributed by atoms with Crippen molar-refractivity contribution < 1.29 is 13.9 Å². The first kappa shape index (κ1) is 19.3. The Balaban J connectivity index is 1.68. The van der Waals surface area contributed by atoms with Crippen LogP contribution in [0.1, 0.15) is 12.5 Å². The Bertz CT molecular complexity index is 961. The number of ether oxygens (including phenoxy) is 1. The first-order valence-corrected chi connectivity index (χ1v) is 9.43. The molecule has 0 radical (unpaired) electrons. The van der Waals surface area contributed by atoms with Gasteiger partial charge < -0.3 is 14.5 Å². The monoisotopic (exact) mass is 403 g/mol. The number of carbonyl (C=O) groups is 1. The van der Waals surface area contributed by atoms with Crippen molar-refractivity contribution in [3.63, 3.8) is 0 Å². The number of anilines is 1. The van der Waals surface area contributed by atoms with E-state index in [1.165, 1.54) is 18.9 Å². The molecule has 0 spiro atoms. The van der Waals surface area contributed by atoms with E-state index >= 15 is 0 Å². The fourth-order valence-electron chi connectivity index (χ4n) is 2.37. The van der Waals surface area contributed by atoms with E-state index in [9.17, 15) is 4.79 Å². The molecule has 0 aliphatic rings. The molecular weight excluding hydrogens is 386 g/mol. The summed E-state index contributed by atoms with van der Waals surface area (Å²) < 4.78 is 10.9. The highest BCUT2D eigenvalue weighted by molar-refractivity contribution is 8.00. The lowest BCUT2D eigenvalue weighted by Gasteiger charge is -2.13. The van der Waals surface area contributed by atoms with Crippen LogP contribution in [0.3, 0.4) is 0 Å². The van der Waals surface area contributed by atoms with E-state index in [1.54, 1.807) is 25.1 Å². The summed E-state index contributed by atoms with van der Waals surface area (Å²) in [4.78, 5) is 12.5. The smallest absolute Gasteiger partial charge is 0.277 e. The number of rotatable bonds is 6. The number of thioether (sulfide) groups is 1. The van der Waals surface area contributed by atoms with Crippen LogP contribution in [-0.2, 0) is 4.79 Å². The van der Waals surface area contributed by atoms with Gasteiger partial charge in [-0.1, -0.05) is 41.1 Å². The third kappa shape index (κ3) is 4.81. The Morgan fingerprint density at radius 2 is 2.07 bits per heavy atom. The number of amides is 1. The van der Waals surface area contributed by atoms with Gasteiger partial charge in [-0.2, -0.15) is 0 Å². The van der Waals surface area contributed by atoms with Crippen molar-refractivity contribution >= 4 is 35.0 Å². The largest absolute Gasteiger partial charge is 0.495 e. The van der Waals surface area contributed by atoms with Gasteiger partial charge in [0, 0.05) is 10.6 Å². The van der Waals surface area contributed by atoms with Gasteiger partial charge in [-0.15, -0.1) is 10.2 Å². The molecule has 0 saturated carbocycles. The summed E-state index contributed by atoms with van der Waals surface area (Å²) in [6.07, 6.45) is 0. The van der Waals surface area contributed by atoms with E-state index in [0.29, 0.717) is 27.6 Å². The Morgan fingerprint density at radius 1 is 1.26 bits per heavy atom. The number of aryl methyl sites for hydroxylation is 1. The molecule has 1 N–H and O–H groups in total. The van der Waals surface area contributed by atoms with Crippen molar-refractivity contribution in [1.29, 1.82) is 0 Å². The van der Waals surface area contributed by atoms with Gasteiger partial charge in [-0.3, -0.25) is 4.79 Å². The molecule has 1 aromatic heterocycles. The molecule has 1 amide bonds. The fraction of sp³-hybridized carbons (Fsp3) is 0.211. The van der Waals surface area contributed by atoms with E-state index in [-0.39, 0.29) is 5.91 Å². The molecule has 8 heteroatoms. The lowest BCUT2D eigenvalue weighted by atomic mass is 10.1. The number of aromatic nitrogens is 2. The zero-order valence-electron chi connectivity index (χ0n) is 15.0. The molecule has 0 aliphatic carbocycles. The summed E-state index contributed by atoms with van der Waals surface area (Å²) in [5.74, 6) is 0.727. The van der Waals surface area contributed by atoms with E-state index in [0.717, 1.165) is 11.1 Å². The number of nitrogens with zero attached hydrogens (tertiary/aromatic N) is 2. The average molecular weight is 404 g/mol. The third-order valence-corrected chi connectivity index (χ3v) is 4.91. The molecular formula is C19H18ClN3O3S. The fourth-order valence-corrected chi connectivity index (χ4v) is 3.22. The number of nitrogens with one attached hydrogen (secondary N) is 1. The van der Waals surface area contributed by atoms with E-state index in [2.05, 4.69) is 15.5 Å². The Labute approximate surface area is 166 Å². The van der Waals surface area contributed by atoms with E-state index < -0.39 is 5.25 Å². The standard InChI is InChI=1S/C19H18ClN3O3S/c1-11-5-4-6-13(9-11)18-22-23-19(26-18)27-12(2)17(24)21-15-10-14(20)7-8-16(15)25-3/h4-10,12H,1-3H3,(H,21,24)/t12-/m1/s1. The minimum Gasteiger partial charge on any atom is -0.495 e. The number of methoxy groups -OCH3 is 1. The van der Waals surface area contributed by atoms with Gasteiger partial charge in [0.25, 0.3) is 5.22 Å². The van der Waals surface area contributed by atoms with Crippen LogP contribution >= 0.6 is 23.4 Å². The van der Waals surface area contributed by atoms with Crippen LogP contribution in [0, 0.1) is 6.92 Å². The first-order valence-electron chi connectivity index (χ1n) is 8.18. The van der Waals surface area contributed by atoms with Crippen molar-refractivity contribution in [2.24, 2.45) is 0 Å². The minimum atomic E-state index is -0.459. The molecule has 0 bridgehead atoms. The second-order valence-corrected chi connectivity index (χ2v) is 7.57. The van der Waals surface area contributed by atoms with Gasteiger partial charge in [0.1, 0.15) is 5.75 Å². The second-order valence-electron chi connectivity index (χ2n) is 5.84. The zero-order valence-corrected chi connectivity index (χ0v) is 16.6. The highest BCUT2D eigenvalue weighted by Crippen LogP contribution is 2.30. The molecule has 6 nitrogen and oxygen atoms in total. The molecule has 0 saturated heterocycles. The van der Waals surface area contributed by atoms with Gasteiger partial charge in [0.15, 0.2) is 0 Å². The maximum atomic E-state index is 12.5. The van der Waals surface area contributed by atoms with Gasteiger partial charge >= 0.3 is 0 Å². The van der Waals surface area contributed by atoms with Crippen molar-refractivity contribution in [3.05, 3.63) is 53.1 Å². The predicted octanol–water partition coefficient (Wildman–Crippen LogP) is 4.83. The van der Waals surface area contributed by atoms with E-state index in [4.69, 9.17) is 20.8 Å². The van der Waals surface area contributed by atoms with Crippen LogP contribution in [-0.4, -0.2) is 28.5 Å². The van der Waals surface area contributed by atoms with Gasteiger partial charge in [0.05, 0.1) is 18.0 Å². The van der Waals surface area contributed by atoms with Crippen LogP contribution in [0.2, 0.25) is 5.02 Å². The lowest BCUT2D eigenvalue weighted by molar-refractivity contribution is -0.115. The maximum absolute atomic E-state index is 12.5. The molecule has 3 rings (SSSR count). The molecule has 0 aliphatic heterocycles. The van der Waals surface area contributed by atoms with Crippen LogP contribution in [0.25, 0.3) is 11.5 Å². The Kier molecular flexibility index (Phi) is 6.03. The minimum absolute atomic E-state index is 0.226. The van der Waals surface area contributed by atoms with Crippen LogP contribution in [0.4, 0.5) is 5.69 Å². The normalized spacial score (nSPS) is 11.9. The number of halogens is 1. The van der Waals surface area contributed by atoms with Crippen molar-refractivity contribution in [1.82, 2.24) is 10.2 Å². The molecule has 0 fully saturated rings. The number of hydrogen-bond acceptors (Lipinski definition) is 6. The molecule has 27 heavy (non-hydrogen) atoms. The Hall–Kier alpha value is -2.51. The summed E-state index contributed by atoms with van der Waals surface area (Å²) >= 11 is 7.18. The maximum Gasteiger partial charge on any atom is 0.277 e. The zero-order chi connectivity index (χ0) is 19.4. The first-order chi connectivity index (χ1) is 13.0. The van der Waals surface area contributed by atoms with Crippen LogP contribution in [0.5, 0.6) is 5.75 Å². The van der Waals surface area contributed by atoms with E-state index in [1.807, 2.05) is 31.2 Å². The summed E-state index contributed by atoms with van der Waals surface area (Å²) in [6.45, 7) is 3.75. The SMILES string of the molecule is COc1ccc(Cl)cc1NC(=O)[C@@H](C)Sc1nnc(-c2cccc(C)c2)o1. The molecule has 1 atom stereocenters. The molecule has 3 aromatic rings. The quantitative estimate of drug-likeness (QED) is 0.594. The summed E-state index contributed by atoms with van der Waals surface area (Å²) in [5.41, 5.74) is 2.45. The molecule has 0 unspecified atom stereocenters. The van der Waals surface area contributed by atoms with Gasteiger partial charge in [-0.05, 0) is 44.2 Å². The lowest BCUT2D eigenvalue weighted by Crippen LogP contribution is -2.22. The predicted molar refractivity (Wildman–Crippen MR) is 106 cm³/mol. The van der Waals surface area contributed by atoms with Crippen LogP contribution < -0.4 is 10.1 Å². The van der Waals surface area contributed by atoms with Gasteiger partial charge in [0.2, 0.25) is 11.8 Å². The molecule has 2 aromatic carbocycles. The van der Waals surface area contributed by atoms with Crippen molar-refractivity contribution in [2.45, 2.75) is 24.3 Å². The second kappa shape index (κ2) is 8.45. The summed E-state index contributed by atoms with van der Waals surface area (Å²) in [5, 5.41) is 11.3. The third-order valence-electron chi connectivity index (χ3n) is 3.74. The van der Waals surface area contributed by atoms with Crippen LogP contribution in [0.15, 0.2) is 52.1 Å². The highest BCUT2D eigenvalue weighted by Gasteiger charge is 2.20.